The van der Waals surface area contributed by atoms with Crippen LogP contribution >= 0.6 is 0 Å². The lowest BCUT2D eigenvalue weighted by molar-refractivity contribution is 0.131. The molecule has 2 heterocycles. The van der Waals surface area contributed by atoms with E-state index in [2.05, 4.69) is 28.9 Å². The molecule has 0 saturated carbocycles. The zero-order valence-corrected chi connectivity index (χ0v) is 13.6. The Labute approximate surface area is 128 Å². The lowest BCUT2D eigenvalue weighted by atomic mass is 10.1. The van der Waals surface area contributed by atoms with Crippen molar-refractivity contribution in [1.29, 1.82) is 0 Å². The fraction of sp³-hybridized carbons (Fsp3) is 0.647. The number of piperazine rings is 1. The molecule has 0 aromatic heterocycles. The van der Waals surface area contributed by atoms with Gasteiger partial charge < -0.3 is 14.4 Å². The summed E-state index contributed by atoms with van der Waals surface area (Å²) in [5.74, 6) is 1.78. The van der Waals surface area contributed by atoms with Gasteiger partial charge in [0.1, 0.15) is 13.2 Å². The highest BCUT2D eigenvalue weighted by Crippen LogP contribution is 2.31. The number of benzene rings is 1. The van der Waals surface area contributed by atoms with Gasteiger partial charge in [0.05, 0.1) is 0 Å². The lowest BCUT2D eigenvalue weighted by Crippen LogP contribution is -2.45. The summed E-state index contributed by atoms with van der Waals surface area (Å²) in [6, 6.07) is 6.31. The van der Waals surface area contributed by atoms with Crippen molar-refractivity contribution in [2.24, 2.45) is 0 Å². The van der Waals surface area contributed by atoms with Crippen LogP contribution in [0.5, 0.6) is 11.5 Å². The van der Waals surface area contributed by atoms with Crippen molar-refractivity contribution in [1.82, 2.24) is 9.80 Å². The van der Waals surface area contributed by atoms with Gasteiger partial charge in [-0.2, -0.15) is 0 Å². The summed E-state index contributed by atoms with van der Waals surface area (Å²) in [4.78, 5) is 5.01. The van der Waals surface area contributed by atoms with Gasteiger partial charge in [0, 0.05) is 32.7 Å². The summed E-state index contributed by atoms with van der Waals surface area (Å²) in [6.07, 6.45) is 0. The molecule has 1 aromatic carbocycles. The normalized spacial score (nSPS) is 18.8. The monoisotopic (exact) mass is 292 g/mol. The number of fused-ring (bicyclic) bond motifs is 1. The van der Waals surface area contributed by atoms with Gasteiger partial charge in [0.15, 0.2) is 11.5 Å². The van der Waals surface area contributed by atoms with Gasteiger partial charge in [-0.3, -0.25) is 4.90 Å². The minimum Gasteiger partial charge on any atom is -0.486 e. The molecule has 1 saturated heterocycles. The predicted molar refractivity (Wildman–Crippen MR) is 86.2 cm³/mol. The Bertz CT molecular complexity index is 429. The molecule has 0 bridgehead atoms. The van der Waals surface area contributed by atoms with Crippen molar-refractivity contribution in [2.45, 2.75) is 27.3 Å². The Balaban J connectivity index is 0.000000774. The van der Waals surface area contributed by atoms with Crippen LogP contribution in [-0.2, 0) is 6.54 Å². The van der Waals surface area contributed by atoms with Crippen LogP contribution in [0.2, 0.25) is 0 Å². The molecule has 0 unspecified atom stereocenters. The Morgan fingerprint density at radius 3 is 2.19 bits per heavy atom. The molecule has 4 nitrogen and oxygen atoms in total. The van der Waals surface area contributed by atoms with Crippen LogP contribution < -0.4 is 9.47 Å². The fourth-order valence-electron chi connectivity index (χ4n) is 2.71. The number of nitrogens with zero attached hydrogens (tertiary/aromatic N) is 2. The van der Waals surface area contributed by atoms with Crippen LogP contribution in [0.15, 0.2) is 18.2 Å². The first kappa shape index (κ1) is 16.1. The van der Waals surface area contributed by atoms with E-state index in [1.165, 1.54) is 18.7 Å². The molecule has 0 amide bonds. The Kier molecular flexibility index (Phi) is 6.33. The minimum absolute atomic E-state index is 0.658. The molecule has 118 valence electrons. The van der Waals surface area contributed by atoms with Crippen molar-refractivity contribution in [3.8, 4) is 11.5 Å². The Hall–Kier alpha value is -1.26. The van der Waals surface area contributed by atoms with E-state index in [0.717, 1.165) is 37.7 Å². The van der Waals surface area contributed by atoms with Gasteiger partial charge in [-0.15, -0.1) is 0 Å². The molecule has 0 aliphatic carbocycles. The van der Waals surface area contributed by atoms with Crippen molar-refractivity contribution < 1.29 is 9.47 Å². The van der Waals surface area contributed by atoms with Gasteiger partial charge in [-0.25, -0.2) is 0 Å². The summed E-state index contributed by atoms with van der Waals surface area (Å²) in [6.45, 7) is 14.4. The number of rotatable bonds is 3. The standard InChI is InChI=1S/C15H22N2O2.C2H6/c1-2-16-5-7-17(8-6-16)12-13-3-4-14-15(11-13)19-10-9-18-14;1-2/h3-4,11H,2,5-10,12H2,1H3;1-2H3. The third kappa shape index (κ3) is 4.35. The maximum atomic E-state index is 5.64. The second-order valence-electron chi connectivity index (χ2n) is 5.19. The quantitative estimate of drug-likeness (QED) is 0.855. The van der Waals surface area contributed by atoms with E-state index in [0.29, 0.717) is 13.2 Å². The first-order chi connectivity index (χ1) is 10.3. The third-order valence-electron chi connectivity index (χ3n) is 3.92. The summed E-state index contributed by atoms with van der Waals surface area (Å²) in [7, 11) is 0. The summed E-state index contributed by atoms with van der Waals surface area (Å²) < 4.78 is 11.2. The summed E-state index contributed by atoms with van der Waals surface area (Å²) >= 11 is 0. The van der Waals surface area contributed by atoms with Gasteiger partial charge >= 0.3 is 0 Å². The molecule has 0 radical (unpaired) electrons. The molecular formula is C17H28N2O2. The van der Waals surface area contributed by atoms with E-state index in [1.807, 2.05) is 19.9 Å². The van der Waals surface area contributed by atoms with E-state index in [4.69, 9.17) is 9.47 Å². The van der Waals surface area contributed by atoms with Crippen LogP contribution in [-0.4, -0.2) is 55.7 Å². The number of likely N-dealkylation sites (N-methyl/N-ethyl adjacent to an activating group) is 1. The topological polar surface area (TPSA) is 24.9 Å². The molecule has 2 aliphatic heterocycles. The number of hydrogen-bond acceptors (Lipinski definition) is 4. The van der Waals surface area contributed by atoms with E-state index in [9.17, 15) is 0 Å². The molecule has 3 rings (SSSR count). The molecule has 0 spiro atoms. The van der Waals surface area contributed by atoms with E-state index in [-0.39, 0.29) is 0 Å². The van der Waals surface area contributed by atoms with Crippen molar-refractivity contribution in [3.05, 3.63) is 23.8 Å². The van der Waals surface area contributed by atoms with Crippen LogP contribution in [0.3, 0.4) is 0 Å². The lowest BCUT2D eigenvalue weighted by Gasteiger charge is -2.34. The summed E-state index contributed by atoms with van der Waals surface area (Å²) in [5.41, 5.74) is 1.31. The number of ether oxygens (including phenoxy) is 2. The second kappa shape index (κ2) is 8.25. The van der Waals surface area contributed by atoms with Gasteiger partial charge in [-0.1, -0.05) is 26.8 Å². The van der Waals surface area contributed by atoms with Crippen LogP contribution in [0, 0.1) is 0 Å². The molecule has 21 heavy (non-hydrogen) atoms. The van der Waals surface area contributed by atoms with Crippen LogP contribution in [0.25, 0.3) is 0 Å². The van der Waals surface area contributed by atoms with Crippen molar-refractivity contribution >= 4 is 0 Å². The maximum absolute atomic E-state index is 5.64. The van der Waals surface area contributed by atoms with Gasteiger partial charge in [0.2, 0.25) is 0 Å². The van der Waals surface area contributed by atoms with Gasteiger partial charge in [-0.05, 0) is 24.2 Å². The molecule has 2 aliphatic rings. The number of hydrogen-bond donors (Lipinski definition) is 0. The first-order valence-electron chi connectivity index (χ1n) is 8.18. The van der Waals surface area contributed by atoms with Crippen LogP contribution in [0.4, 0.5) is 0 Å². The Morgan fingerprint density at radius 2 is 1.52 bits per heavy atom. The maximum Gasteiger partial charge on any atom is 0.161 e. The fourth-order valence-corrected chi connectivity index (χ4v) is 2.71. The predicted octanol–water partition coefficient (Wildman–Crippen LogP) is 2.62. The SMILES string of the molecule is CC.CCN1CCN(Cc2ccc3c(c2)OCCO3)CC1. The average molecular weight is 292 g/mol. The zero-order chi connectivity index (χ0) is 15.1. The van der Waals surface area contributed by atoms with Gasteiger partial charge in [0.25, 0.3) is 0 Å². The average Bonchev–Trinajstić information content (AvgIpc) is 2.57. The van der Waals surface area contributed by atoms with Crippen molar-refractivity contribution in [3.63, 3.8) is 0 Å². The van der Waals surface area contributed by atoms with E-state index in [1.54, 1.807) is 0 Å². The first-order valence-corrected chi connectivity index (χ1v) is 8.18. The highest BCUT2D eigenvalue weighted by Gasteiger charge is 2.17. The largest absolute Gasteiger partial charge is 0.486 e. The molecule has 0 N–H and O–H groups in total. The molecule has 1 fully saturated rings. The van der Waals surface area contributed by atoms with Crippen molar-refractivity contribution in [2.75, 3.05) is 45.9 Å². The Morgan fingerprint density at radius 1 is 0.905 bits per heavy atom. The second-order valence-corrected chi connectivity index (χ2v) is 5.19. The van der Waals surface area contributed by atoms with Crippen LogP contribution in [0.1, 0.15) is 26.3 Å². The molecule has 4 heteroatoms. The van der Waals surface area contributed by atoms with E-state index >= 15 is 0 Å². The molecular weight excluding hydrogens is 264 g/mol. The minimum atomic E-state index is 0.658. The molecule has 1 aromatic rings. The molecule has 0 atom stereocenters. The summed E-state index contributed by atoms with van der Waals surface area (Å²) in [5, 5.41) is 0. The third-order valence-corrected chi connectivity index (χ3v) is 3.92. The highest BCUT2D eigenvalue weighted by molar-refractivity contribution is 5.43. The highest BCUT2D eigenvalue weighted by atomic mass is 16.6. The smallest absolute Gasteiger partial charge is 0.161 e. The zero-order valence-electron chi connectivity index (χ0n) is 13.6. The van der Waals surface area contributed by atoms with E-state index < -0.39 is 0 Å².